The van der Waals surface area contributed by atoms with Gasteiger partial charge in [0.2, 0.25) is 0 Å². The molecule has 0 amide bonds. The molecule has 0 fully saturated rings. The maximum atomic E-state index is 13.7. The maximum Gasteiger partial charge on any atom is 0.126 e. The Bertz CT molecular complexity index is 513. The summed E-state index contributed by atoms with van der Waals surface area (Å²) in [5.74, 6) is -0.211. The highest BCUT2D eigenvalue weighted by molar-refractivity contribution is 5.24. The van der Waals surface area contributed by atoms with E-state index in [-0.39, 0.29) is 5.82 Å². The molecule has 0 unspecified atom stereocenters. The van der Waals surface area contributed by atoms with E-state index in [9.17, 15) is 4.39 Å². The van der Waals surface area contributed by atoms with Crippen LogP contribution in [0.25, 0.3) is 0 Å². The minimum absolute atomic E-state index is 0.211. The number of halogens is 1. The Hall–Kier alpha value is -1.74. The van der Waals surface area contributed by atoms with Gasteiger partial charge >= 0.3 is 0 Å². The summed E-state index contributed by atoms with van der Waals surface area (Å²) < 4.78 is 13.7. The van der Waals surface area contributed by atoms with E-state index in [1.165, 1.54) is 6.07 Å². The van der Waals surface area contributed by atoms with E-state index in [4.69, 9.17) is 5.73 Å². The van der Waals surface area contributed by atoms with Crippen LogP contribution in [0.2, 0.25) is 0 Å². The lowest BCUT2D eigenvalue weighted by Gasteiger charge is -2.27. The molecule has 1 aromatic carbocycles. The van der Waals surface area contributed by atoms with Crippen molar-refractivity contribution in [2.45, 2.75) is 25.3 Å². The molecule has 2 nitrogen and oxygen atoms in total. The minimum Gasteiger partial charge on any atom is -0.320 e. The molecule has 0 aliphatic carbocycles. The molecule has 0 bridgehead atoms. The summed E-state index contributed by atoms with van der Waals surface area (Å²) in [6.45, 7) is 2.00. The third-order valence-electron chi connectivity index (χ3n) is 3.27. The Morgan fingerprint density at radius 3 is 2.50 bits per heavy atom. The lowest BCUT2D eigenvalue weighted by atomic mass is 9.85. The fraction of sp³-hybridized carbons (Fsp3) is 0.267. The summed E-state index contributed by atoms with van der Waals surface area (Å²) in [5.41, 5.74) is 7.20. The number of hydrogen-bond acceptors (Lipinski definition) is 2. The normalized spacial score (nSPS) is 14.2. The number of nitrogens with two attached hydrogens (primary N) is 1. The van der Waals surface area contributed by atoms with Crippen LogP contribution < -0.4 is 5.73 Å². The predicted molar refractivity (Wildman–Crippen MR) is 70.5 cm³/mol. The van der Waals surface area contributed by atoms with Crippen LogP contribution in [0.5, 0.6) is 0 Å². The largest absolute Gasteiger partial charge is 0.320 e. The number of rotatable bonds is 4. The highest BCUT2D eigenvalue weighted by atomic mass is 19.1. The zero-order valence-corrected chi connectivity index (χ0v) is 10.4. The summed E-state index contributed by atoms with van der Waals surface area (Å²) in [4.78, 5) is 4.30. The Kier molecular flexibility index (Phi) is 3.72. The molecule has 1 atom stereocenters. The molecule has 94 valence electrons. The van der Waals surface area contributed by atoms with Crippen molar-refractivity contribution in [3.8, 4) is 0 Å². The second-order valence-electron chi connectivity index (χ2n) is 4.49. The van der Waals surface area contributed by atoms with Crippen LogP contribution in [-0.4, -0.2) is 4.98 Å². The molecule has 2 N–H and O–H groups in total. The van der Waals surface area contributed by atoms with Crippen LogP contribution in [0.3, 0.4) is 0 Å². The van der Waals surface area contributed by atoms with Crippen molar-refractivity contribution in [2.24, 2.45) is 5.73 Å². The quantitative estimate of drug-likeness (QED) is 0.897. The van der Waals surface area contributed by atoms with Crippen LogP contribution in [-0.2, 0) is 12.0 Å². The number of pyridine rings is 1. The Labute approximate surface area is 107 Å². The standard InChI is InChI=1S/C15H17FN2/c1-2-15(17,14-9-5-6-10-18-14)11-12-7-3-4-8-13(12)16/h3-10H,2,11,17H2,1H3/t15-/m0/s1. The fourth-order valence-corrected chi connectivity index (χ4v) is 2.04. The molecule has 0 aliphatic heterocycles. The van der Waals surface area contributed by atoms with Crippen molar-refractivity contribution in [3.63, 3.8) is 0 Å². The molecule has 2 aromatic rings. The lowest BCUT2D eigenvalue weighted by Crippen LogP contribution is -2.39. The SMILES string of the molecule is CC[C@](N)(Cc1ccccc1F)c1ccccn1. The van der Waals surface area contributed by atoms with Gasteiger partial charge in [0.05, 0.1) is 11.2 Å². The van der Waals surface area contributed by atoms with E-state index < -0.39 is 5.54 Å². The molecule has 18 heavy (non-hydrogen) atoms. The number of nitrogens with zero attached hydrogens (tertiary/aromatic N) is 1. The van der Waals surface area contributed by atoms with Gasteiger partial charge < -0.3 is 5.73 Å². The highest BCUT2D eigenvalue weighted by Gasteiger charge is 2.27. The van der Waals surface area contributed by atoms with Crippen LogP contribution in [0, 0.1) is 5.82 Å². The smallest absolute Gasteiger partial charge is 0.126 e. The van der Waals surface area contributed by atoms with E-state index in [0.29, 0.717) is 18.4 Å². The molecule has 2 rings (SSSR count). The fourth-order valence-electron chi connectivity index (χ4n) is 2.04. The van der Waals surface area contributed by atoms with Gasteiger partial charge in [0.25, 0.3) is 0 Å². The first-order chi connectivity index (χ1) is 8.65. The van der Waals surface area contributed by atoms with Crippen molar-refractivity contribution in [2.75, 3.05) is 0 Å². The zero-order valence-electron chi connectivity index (χ0n) is 10.4. The average Bonchev–Trinajstić information content (AvgIpc) is 2.42. The molecule has 0 radical (unpaired) electrons. The number of aromatic nitrogens is 1. The molecule has 1 heterocycles. The van der Waals surface area contributed by atoms with E-state index in [0.717, 1.165) is 5.69 Å². The summed E-state index contributed by atoms with van der Waals surface area (Å²) in [6.07, 6.45) is 2.87. The van der Waals surface area contributed by atoms with E-state index in [1.807, 2.05) is 31.2 Å². The molecule has 1 aromatic heterocycles. The van der Waals surface area contributed by atoms with Crippen molar-refractivity contribution in [3.05, 3.63) is 65.7 Å². The summed E-state index contributed by atoms with van der Waals surface area (Å²) in [6, 6.07) is 12.4. The van der Waals surface area contributed by atoms with E-state index in [2.05, 4.69) is 4.98 Å². The highest BCUT2D eigenvalue weighted by Crippen LogP contribution is 2.25. The van der Waals surface area contributed by atoms with Crippen LogP contribution in [0.1, 0.15) is 24.6 Å². The molecule has 3 heteroatoms. The van der Waals surface area contributed by atoms with Crippen molar-refractivity contribution < 1.29 is 4.39 Å². The van der Waals surface area contributed by atoms with Gasteiger partial charge in [-0.15, -0.1) is 0 Å². The summed E-state index contributed by atoms with van der Waals surface area (Å²) in [5, 5.41) is 0. The first-order valence-corrected chi connectivity index (χ1v) is 6.09. The molecular weight excluding hydrogens is 227 g/mol. The van der Waals surface area contributed by atoms with Gasteiger partial charge in [-0.25, -0.2) is 4.39 Å². The van der Waals surface area contributed by atoms with Gasteiger partial charge in [0.15, 0.2) is 0 Å². The molecule has 0 saturated carbocycles. The van der Waals surface area contributed by atoms with E-state index >= 15 is 0 Å². The van der Waals surface area contributed by atoms with Crippen molar-refractivity contribution in [1.82, 2.24) is 4.98 Å². The van der Waals surface area contributed by atoms with Crippen LogP contribution in [0.15, 0.2) is 48.7 Å². The van der Waals surface area contributed by atoms with Crippen molar-refractivity contribution >= 4 is 0 Å². The minimum atomic E-state index is -0.622. The zero-order chi connectivity index (χ0) is 13.0. The molecule has 0 spiro atoms. The number of hydrogen-bond donors (Lipinski definition) is 1. The summed E-state index contributed by atoms with van der Waals surface area (Å²) >= 11 is 0. The lowest BCUT2D eigenvalue weighted by molar-refractivity contribution is 0.404. The number of benzene rings is 1. The molecule has 0 aliphatic rings. The summed E-state index contributed by atoms with van der Waals surface area (Å²) in [7, 11) is 0. The Balaban J connectivity index is 2.32. The van der Waals surface area contributed by atoms with Gasteiger partial charge in [-0.3, -0.25) is 4.98 Å². The van der Waals surface area contributed by atoms with Gasteiger partial charge in [0.1, 0.15) is 5.82 Å². The topological polar surface area (TPSA) is 38.9 Å². The first kappa shape index (κ1) is 12.7. The van der Waals surface area contributed by atoms with E-state index in [1.54, 1.807) is 18.3 Å². The Morgan fingerprint density at radius 1 is 1.17 bits per heavy atom. The average molecular weight is 244 g/mol. The van der Waals surface area contributed by atoms with Gasteiger partial charge in [0, 0.05) is 6.20 Å². The molecular formula is C15H17FN2. The Morgan fingerprint density at radius 2 is 1.89 bits per heavy atom. The monoisotopic (exact) mass is 244 g/mol. The third kappa shape index (κ3) is 2.57. The predicted octanol–water partition coefficient (Wildman–Crippen LogP) is 3.03. The maximum absolute atomic E-state index is 13.7. The second kappa shape index (κ2) is 5.27. The van der Waals surface area contributed by atoms with Gasteiger partial charge in [-0.1, -0.05) is 31.2 Å². The third-order valence-corrected chi connectivity index (χ3v) is 3.27. The second-order valence-corrected chi connectivity index (χ2v) is 4.49. The van der Waals surface area contributed by atoms with Gasteiger partial charge in [-0.2, -0.15) is 0 Å². The first-order valence-electron chi connectivity index (χ1n) is 6.09. The van der Waals surface area contributed by atoms with Crippen LogP contribution >= 0.6 is 0 Å². The van der Waals surface area contributed by atoms with Gasteiger partial charge in [-0.05, 0) is 36.6 Å². The van der Waals surface area contributed by atoms with Crippen molar-refractivity contribution in [1.29, 1.82) is 0 Å². The van der Waals surface area contributed by atoms with Crippen LogP contribution in [0.4, 0.5) is 4.39 Å². The molecule has 0 saturated heterocycles.